The molecule has 1 amide bonds. The fourth-order valence-corrected chi connectivity index (χ4v) is 4.34. The maximum Gasteiger partial charge on any atom is 0.308 e. The second-order valence-corrected chi connectivity index (χ2v) is 7.12. The van der Waals surface area contributed by atoms with Gasteiger partial charge in [-0.25, -0.2) is 8.78 Å². The number of thiazole rings is 1. The molecule has 132 valence electrons. The van der Waals surface area contributed by atoms with Crippen molar-refractivity contribution in [2.45, 2.75) is 12.3 Å². The summed E-state index contributed by atoms with van der Waals surface area (Å²) in [4.78, 5) is 27.2. The molecule has 1 aliphatic heterocycles. The lowest BCUT2D eigenvalue weighted by atomic mass is 9.90. The van der Waals surface area contributed by atoms with Gasteiger partial charge in [-0.05, 0) is 42.0 Å². The molecule has 0 spiro atoms. The fraction of sp³-hybridized carbons (Fsp3) is 0.158. The van der Waals surface area contributed by atoms with Crippen molar-refractivity contribution in [3.63, 3.8) is 0 Å². The Morgan fingerprint density at radius 1 is 0.962 bits per heavy atom. The van der Waals surface area contributed by atoms with E-state index in [9.17, 15) is 18.4 Å². The number of hydrogen-bond donors (Lipinski definition) is 0. The highest BCUT2D eigenvalue weighted by Crippen LogP contribution is 2.44. The van der Waals surface area contributed by atoms with Gasteiger partial charge in [0.15, 0.2) is 0 Å². The van der Waals surface area contributed by atoms with Crippen molar-refractivity contribution < 1.29 is 13.6 Å². The summed E-state index contributed by atoms with van der Waals surface area (Å²) in [6.45, 7) is 0. The maximum absolute atomic E-state index is 13.3. The molecular weight excluding hydrogens is 358 g/mol. The number of amides is 1. The maximum atomic E-state index is 13.3. The molecule has 3 aromatic rings. The predicted molar refractivity (Wildman–Crippen MR) is 96.0 cm³/mol. The van der Waals surface area contributed by atoms with Crippen molar-refractivity contribution in [1.29, 1.82) is 0 Å². The molecule has 0 N–H and O–H groups in total. The molecule has 2 aromatic carbocycles. The Kier molecular flexibility index (Phi) is 3.96. The molecule has 1 atom stereocenters. The number of benzene rings is 2. The van der Waals surface area contributed by atoms with E-state index in [1.807, 2.05) is 0 Å². The van der Waals surface area contributed by atoms with E-state index in [-0.39, 0.29) is 28.9 Å². The Balaban J connectivity index is 1.88. The summed E-state index contributed by atoms with van der Waals surface area (Å²) in [6, 6.07) is 11.5. The molecule has 0 aliphatic carbocycles. The Bertz CT molecular complexity index is 1040. The molecule has 2 heterocycles. The Morgan fingerprint density at radius 2 is 1.54 bits per heavy atom. The number of carbonyl (C=O) groups excluding carboxylic acids is 1. The lowest BCUT2D eigenvalue weighted by Crippen LogP contribution is -2.34. The summed E-state index contributed by atoms with van der Waals surface area (Å²) in [5.41, 5.74) is 1.28. The topological polar surface area (TPSA) is 42.3 Å². The first-order valence-corrected chi connectivity index (χ1v) is 8.81. The summed E-state index contributed by atoms with van der Waals surface area (Å²) in [6.07, 6.45) is 0.149. The number of anilines is 2. The average molecular weight is 372 g/mol. The van der Waals surface area contributed by atoms with Crippen LogP contribution in [-0.2, 0) is 11.8 Å². The second-order valence-electron chi connectivity index (χ2n) is 6.13. The van der Waals surface area contributed by atoms with Gasteiger partial charge in [0.25, 0.3) is 0 Å². The number of hydrogen-bond acceptors (Lipinski definition) is 3. The van der Waals surface area contributed by atoms with Gasteiger partial charge < -0.3 is 0 Å². The third-order valence-corrected chi connectivity index (χ3v) is 5.66. The minimum atomic E-state index is -0.401. The monoisotopic (exact) mass is 372 g/mol. The van der Waals surface area contributed by atoms with Crippen LogP contribution in [0.4, 0.5) is 20.3 Å². The van der Waals surface area contributed by atoms with Gasteiger partial charge in [0, 0.05) is 19.4 Å². The quantitative estimate of drug-likeness (QED) is 0.684. The van der Waals surface area contributed by atoms with E-state index >= 15 is 0 Å². The zero-order valence-corrected chi connectivity index (χ0v) is 14.6. The molecule has 4 nitrogen and oxygen atoms in total. The lowest BCUT2D eigenvalue weighted by Gasteiger charge is -2.32. The van der Waals surface area contributed by atoms with Crippen molar-refractivity contribution in [3.05, 3.63) is 80.3 Å². The van der Waals surface area contributed by atoms with E-state index in [1.54, 1.807) is 19.2 Å². The van der Waals surface area contributed by atoms with Crippen LogP contribution in [0.25, 0.3) is 0 Å². The van der Waals surface area contributed by atoms with Crippen LogP contribution in [0.1, 0.15) is 22.8 Å². The summed E-state index contributed by atoms with van der Waals surface area (Å²) in [5.74, 6) is -0.787. The SMILES string of the molecule is Cn1c2c(sc1=O)C(c1ccc(F)cc1)CC(=O)N2c1ccc(F)cc1. The van der Waals surface area contributed by atoms with Crippen molar-refractivity contribution in [2.75, 3.05) is 4.90 Å². The first kappa shape index (κ1) is 16.7. The Labute approximate surface area is 151 Å². The largest absolute Gasteiger partial charge is 0.308 e. The van der Waals surface area contributed by atoms with Crippen LogP contribution in [0.2, 0.25) is 0 Å². The highest BCUT2D eigenvalue weighted by molar-refractivity contribution is 7.10. The Morgan fingerprint density at radius 3 is 2.15 bits per heavy atom. The highest BCUT2D eigenvalue weighted by atomic mass is 32.1. The summed E-state index contributed by atoms with van der Waals surface area (Å²) in [5, 5.41) is 0. The molecule has 4 rings (SSSR count). The van der Waals surface area contributed by atoms with Gasteiger partial charge in [0.2, 0.25) is 5.91 Å². The number of aromatic nitrogens is 1. The number of halogens is 2. The van der Waals surface area contributed by atoms with Crippen molar-refractivity contribution in [1.82, 2.24) is 4.57 Å². The van der Waals surface area contributed by atoms with Crippen molar-refractivity contribution in [3.8, 4) is 0 Å². The van der Waals surface area contributed by atoms with Crippen LogP contribution in [0.5, 0.6) is 0 Å². The van der Waals surface area contributed by atoms with E-state index in [1.165, 1.54) is 45.9 Å². The summed E-state index contributed by atoms with van der Waals surface area (Å²) >= 11 is 1.07. The van der Waals surface area contributed by atoms with E-state index in [2.05, 4.69) is 0 Å². The smallest absolute Gasteiger partial charge is 0.288 e. The van der Waals surface area contributed by atoms with Crippen LogP contribution in [0, 0.1) is 11.6 Å². The third kappa shape index (κ3) is 2.64. The molecular formula is C19H14F2N2O2S. The molecule has 0 radical (unpaired) electrons. The molecule has 26 heavy (non-hydrogen) atoms. The Hall–Kier alpha value is -2.80. The van der Waals surface area contributed by atoms with Gasteiger partial charge >= 0.3 is 4.87 Å². The van der Waals surface area contributed by atoms with E-state index in [0.29, 0.717) is 11.5 Å². The fourth-order valence-electron chi connectivity index (χ4n) is 3.24. The second kappa shape index (κ2) is 6.17. The molecule has 1 unspecified atom stereocenters. The van der Waals surface area contributed by atoms with E-state index in [0.717, 1.165) is 21.8 Å². The van der Waals surface area contributed by atoms with Gasteiger partial charge in [0.05, 0.1) is 10.6 Å². The van der Waals surface area contributed by atoms with Gasteiger partial charge in [-0.2, -0.15) is 0 Å². The number of rotatable bonds is 2. The van der Waals surface area contributed by atoms with E-state index < -0.39 is 5.82 Å². The minimum Gasteiger partial charge on any atom is -0.288 e. The minimum absolute atomic E-state index is 0.149. The normalized spacial score (nSPS) is 16.7. The first-order chi connectivity index (χ1) is 12.5. The molecule has 7 heteroatoms. The molecule has 0 bridgehead atoms. The predicted octanol–water partition coefficient (Wildman–Crippen LogP) is 3.93. The van der Waals surface area contributed by atoms with Crippen LogP contribution in [0.15, 0.2) is 53.3 Å². The van der Waals surface area contributed by atoms with Crippen molar-refractivity contribution in [2.24, 2.45) is 7.05 Å². The third-order valence-electron chi connectivity index (χ3n) is 4.52. The highest BCUT2D eigenvalue weighted by Gasteiger charge is 2.37. The molecule has 0 fully saturated rings. The van der Waals surface area contributed by atoms with Gasteiger partial charge in [-0.1, -0.05) is 23.5 Å². The molecule has 1 aliphatic rings. The molecule has 0 saturated heterocycles. The lowest BCUT2D eigenvalue weighted by molar-refractivity contribution is -0.118. The average Bonchev–Trinajstić information content (AvgIpc) is 2.92. The summed E-state index contributed by atoms with van der Waals surface area (Å²) in [7, 11) is 1.61. The van der Waals surface area contributed by atoms with Crippen LogP contribution in [0.3, 0.4) is 0 Å². The zero-order chi connectivity index (χ0) is 18.4. The van der Waals surface area contributed by atoms with Crippen LogP contribution >= 0.6 is 11.3 Å². The first-order valence-electron chi connectivity index (χ1n) is 7.99. The van der Waals surface area contributed by atoms with Gasteiger partial charge in [-0.15, -0.1) is 0 Å². The van der Waals surface area contributed by atoms with Gasteiger partial charge in [0.1, 0.15) is 17.5 Å². The number of fused-ring (bicyclic) bond motifs is 1. The zero-order valence-electron chi connectivity index (χ0n) is 13.8. The van der Waals surface area contributed by atoms with Crippen molar-refractivity contribution >= 4 is 28.7 Å². The molecule has 0 saturated carbocycles. The number of nitrogens with zero attached hydrogens (tertiary/aromatic N) is 2. The van der Waals surface area contributed by atoms with E-state index in [4.69, 9.17) is 0 Å². The standard InChI is InChI=1S/C19H14F2N2O2S/c1-22-18-17(26-19(22)25)15(11-2-4-12(20)5-3-11)10-16(24)23(18)14-8-6-13(21)7-9-14/h2-9,15H,10H2,1H3. The van der Waals surface area contributed by atoms with Crippen LogP contribution in [-0.4, -0.2) is 10.5 Å². The number of carbonyl (C=O) groups is 1. The van der Waals surface area contributed by atoms with Crippen LogP contribution < -0.4 is 9.77 Å². The molecule has 1 aromatic heterocycles. The summed E-state index contributed by atoms with van der Waals surface area (Å²) < 4.78 is 27.9. The van der Waals surface area contributed by atoms with Gasteiger partial charge in [-0.3, -0.25) is 19.1 Å².